The average Bonchev–Trinajstić information content (AvgIpc) is 2.81. The maximum Gasteiger partial charge on any atom is 0.337 e. The average molecular weight is 276 g/mol. The lowest BCUT2D eigenvalue weighted by atomic mass is 10.1. The lowest BCUT2D eigenvalue weighted by Crippen LogP contribution is -2.29. The maximum absolute atomic E-state index is 12.0. The van der Waals surface area contributed by atoms with Crippen LogP contribution in [-0.4, -0.2) is 28.5 Å². The highest BCUT2D eigenvalue weighted by atomic mass is 16.4. The molecule has 20 heavy (non-hydrogen) atoms. The number of carboxylic acids is 1. The first-order valence-electron chi connectivity index (χ1n) is 6.96. The molecule has 0 aliphatic heterocycles. The van der Waals surface area contributed by atoms with Crippen LogP contribution in [0.1, 0.15) is 52.7 Å². The van der Waals surface area contributed by atoms with Crippen LogP contribution < -0.4 is 5.32 Å². The van der Waals surface area contributed by atoms with Gasteiger partial charge in [0.1, 0.15) is 5.69 Å². The fourth-order valence-electron chi connectivity index (χ4n) is 2.75. The molecule has 2 rings (SSSR count). The van der Waals surface area contributed by atoms with Crippen molar-refractivity contribution in [2.75, 3.05) is 6.54 Å². The van der Waals surface area contributed by atoms with Crippen molar-refractivity contribution in [1.29, 1.82) is 0 Å². The van der Waals surface area contributed by atoms with Gasteiger partial charge in [0.2, 0.25) is 0 Å². The molecule has 5 nitrogen and oxygen atoms in total. The number of nitrogens with one attached hydrogen (secondary N) is 1. The van der Waals surface area contributed by atoms with Crippen LogP contribution in [0.4, 0.5) is 0 Å². The molecule has 1 heterocycles. The molecule has 0 radical (unpaired) electrons. The van der Waals surface area contributed by atoms with Gasteiger partial charge in [0.05, 0.1) is 11.3 Å². The van der Waals surface area contributed by atoms with Crippen LogP contribution >= 0.6 is 0 Å². The fourth-order valence-corrected chi connectivity index (χ4v) is 2.75. The van der Waals surface area contributed by atoms with Crippen LogP contribution in [0.5, 0.6) is 0 Å². The number of aryl methyl sites for hydroxylation is 1. The molecule has 2 atom stereocenters. The van der Waals surface area contributed by atoms with E-state index >= 15 is 0 Å². The molecule has 2 N–H and O–H groups in total. The molecule has 1 saturated carbocycles. The van der Waals surface area contributed by atoms with Gasteiger partial charge in [0.25, 0.3) is 5.91 Å². The number of aromatic carboxylic acids is 1. The minimum absolute atomic E-state index is 0.131. The summed E-state index contributed by atoms with van der Waals surface area (Å²) in [5.74, 6) is 0.0342. The number of rotatable bonds is 4. The van der Waals surface area contributed by atoms with E-state index in [4.69, 9.17) is 5.11 Å². The summed E-state index contributed by atoms with van der Waals surface area (Å²) in [4.78, 5) is 26.9. The number of carboxylic acid groups (broad SMARTS) is 1. The smallest absolute Gasteiger partial charge is 0.337 e. The molecule has 1 amide bonds. The van der Waals surface area contributed by atoms with E-state index in [1.165, 1.54) is 18.6 Å². The van der Waals surface area contributed by atoms with Gasteiger partial charge < -0.3 is 10.4 Å². The van der Waals surface area contributed by atoms with E-state index in [-0.39, 0.29) is 17.2 Å². The zero-order valence-corrected chi connectivity index (χ0v) is 11.8. The van der Waals surface area contributed by atoms with Gasteiger partial charge in [-0.25, -0.2) is 9.78 Å². The second-order valence-corrected chi connectivity index (χ2v) is 5.63. The van der Waals surface area contributed by atoms with Gasteiger partial charge in [-0.2, -0.15) is 0 Å². The van der Waals surface area contributed by atoms with Gasteiger partial charge in [-0.1, -0.05) is 13.3 Å². The predicted octanol–water partition coefficient (Wildman–Crippen LogP) is 2.25. The number of carbonyl (C=O) groups excluding carboxylic acids is 1. The van der Waals surface area contributed by atoms with Gasteiger partial charge in [0, 0.05) is 6.54 Å². The Morgan fingerprint density at radius 1 is 1.40 bits per heavy atom. The number of aromatic nitrogens is 1. The number of nitrogens with zero attached hydrogens (tertiary/aromatic N) is 1. The first kappa shape index (κ1) is 14.5. The standard InChI is InChI=1S/C15H20N2O3/c1-9-3-4-11(7-9)8-16-14(18)13-6-5-12(15(19)20)10(2)17-13/h5-6,9,11H,3-4,7-8H2,1-2H3,(H,16,18)(H,19,20). The minimum atomic E-state index is -1.03. The number of pyridine rings is 1. The molecule has 0 saturated heterocycles. The molecule has 0 bridgehead atoms. The lowest BCUT2D eigenvalue weighted by molar-refractivity contribution is 0.0694. The molecule has 0 aromatic carbocycles. The number of amides is 1. The topological polar surface area (TPSA) is 79.3 Å². The van der Waals surface area contributed by atoms with Crippen molar-refractivity contribution in [3.8, 4) is 0 Å². The highest BCUT2D eigenvalue weighted by molar-refractivity contribution is 5.94. The Balaban J connectivity index is 1.95. The largest absolute Gasteiger partial charge is 0.478 e. The summed E-state index contributed by atoms with van der Waals surface area (Å²) in [6.45, 7) is 4.50. The molecule has 1 aliphatic carbocycles. The second kappa shape index (κ2) is 6.03. The summed E-state index contributed by atoms with van der Waals surface area (Å²) < 4.78 is 0. The van der Waals surface area contributed by atoms with Crippen LogP contribution in [0, 0.1) is 18.8 Å². The number of carbonyl (C=O) groups is 2. The third-order valence-corrected chi connectivity index (χ3v) is 3.90. The Morgan fingerprint density at radius 3 is 2.70 bits per heavy atom. The molecule has 0 spiro atoms. The molecular formula is C15H20N2O3. The highest BCUT2D eigenvalue weighted by Gasteiger charge is 2.22. The van der Waals surface area contributed by atoms with Crippen LogP contribution in [0.15, 0.2) is 12.1 Å². The second-order valence-electron chi connectivity index (χ2n) is 5.63. The van der Waals surface area contributed by atoms with E-state index in [0.717, 1.165) is 18.8 Å². The van der Waals surface area contributed by atoms with Gasteiger partial charge >= 0.3 is 5.97 Å². The highest BCUT2D eigenvalue weighted by Crippen LogP contribution is 2.29. The van der Waals surface area contributed by atoms with Gasteiger partial charge in [-0.3, -0.25) is 4.79 Å². The Morgan fingerprint density at radius 2 is 2.15 bits per heavy atom. The van der Waals surface area contributed by atoms with Crippen molar-refractivity contribution in [2.45, 2.75) is 33.1 Å². The summed E-state index contributed by atoms with van der Waals surface area (Å²) in [5.41, 5.74) is 0.768. The van der Waals surface area contributed by atoms with Gasteiger partial charge in [0.15, 0.2) is 0 Å². The lowest BCUT2D eigenvalue weighted by Gasteiger charge is -2.11. The molecular weight excluding hydrogens is 256 g/mol. The van der Waals surface area contributed by atoms with Crippen molar-refractivity contribution in [3.63, 3.8) is 0 Å². The molecule has 1 aromatic heterocycles. The summed E-state index contributed by atoms with van der Waals surface area (Å²) in [6, 6.07) is 2.89. The quantitative estimate of drug-likeness (QED) is 0.884. The van der Waals surface area contributed by atoms with E-state index < -0.39 is 5.97 Å². The van der Waals surface area contributed by atoms with Crippen molar-refractivity contribution in [1.82, 2.24) is 10.3 Å². The van der Waals surface area contributed by atoms with Crippen LogP contribution in [0.3, 0.4) is 0 Å². The zero-order chi connectivity index (χ0) is 14.7. The number of hydrogen-bond acceptors (Lipinski definition) is 3. The third-order valence-electron chi connectivity index (χ3n) is 3.90. The zero-order valence-electron chi connectivity index (χ0n) is 11.8. The monoisotopic (exact) mass is 276 g/mol. The number of hydrogen-bond donors (Lipinski definition) is 2. The van der Waals surface area contributed by atoms with Crippen LogP contribution in [-0.2, 0) is 0 Å². The normalized spacial score (nSPS) is 21.7. The van der Waals surface area contributed by atoms with E-state index in [0.29, 0.717) is 18.2 Å². The van der Waals surface area contributed by atoms with Crippen LogP contribution in [0.2, 0.25) is 0 Å². The van der Waals surface area contributed by atoms with Crippen molar-refractivity contribution in [3.05, 3.63) is 29.1 Å². The molecule has 1 fully saturated rings. The van der Waals surface area contributed by atoms with E-state index in [9.17, 15) is 9.59 Å². The molecule has 5 heteroatoms. The predicted molar refractivity (Wildman–Crippen MR) is 74.8 cm³/mol. The Kier molecular flexibility index (Phi) is 4.37. The van der Waals surface area contributed by atoms with Gasteiger partial charge in [-0.15, -0.1) is 0 Å². The van der Waals surface area contributed by atoms with Gasteiger partial charge in [-0.05, 0) is 43.7 Å². The molecule has 1 aliphatic rings. The van der Waals surface area contributed by atoms with E-state index in [2.05, 4.69) is 17.2 Å². The third kappa shape index (κ3) is 3.35. The maximum atomic E-state index is 12.0. The molecule has 2 unspecified atom stereocenters. The van der Waals surface area contributed by atoms with Crippen LogP contribution in [0.25, 0.3) is 0 Å². The Hall–Kier alpha value is -1.91. The molecule has 108 valence electrons. The summed E-state index contributed by atoms with van der Waals surface area (Å²) >= 11 is 0. The summed E-state index contributed by atoms with van der Waals surface area (Å²) in [7, 11) is 0. The van der Waals surface area contributed by atoms with Crippen molar-refractivity contribution >= 4 is 11.9 Å². The Bertz CT molecular complexity index is 528. The Labute approximate surface area is 118 Å². The molecule has 1 aromatic rings. The van der Waals surface area contributed by atoms with E-state index in [1.54, 1.807) is 6.92 Å². The SMILES string of the molecule is Cc1nc(C(=O)NCC2CCC(C)C2)ccc1C(=O)O. The van der Waals surface area contributed by atoms with Crippen molar-refractivity contribution < 1.29 is 14.7 Å². The first-order valence-corrected chi connectivity index (χ1v) is 6.96. The summed E-state index contributed by atoms with van der Waals surface area (Å²) in [6.07, 6.45) is 3.54. The minimum Gasteiger partial charge on any atom is -0.478 e. The van der Waals surface area contributed by atoms with E-state index in [1.807, 2.05) is 0 Å². The summed E-state index contributed by atoms with van der Waals surface area (Å²) in [5, 5.41) is 11.8. The van der Waals surface area contributed by atoms with Crippen molar-refractivity contribution in [2.24, 2.45) is 11.8 Å². The fraction of sp³-hybridized carbons (Fsp3) is 0.533. The first-order chi connectivity index (χ1) is 9.47.